The molecule has 2 heterocycles. The highest BCUT2D eigenvalue weighted by atomic mass is 19.1. The molecule has 0 spiro atoms. The molecule has 9 heteroatoms. The van der Waals surface area contributed by atoms with Crippen LogP contribution in [0.5, 0.6) is 0 Å². The van der Waals surface area contributed by atoms with E-state index in [2.05, 4.69) is 15.4 Å². The zero-order chi connectivity index (χ0) is 22.1. The maximum Gasteiger partial charge on any atom is 0.264 e. The van der Waals surface area contributed by atoms with E-state index in [1.807, 2.05) is 31.2 Å². The molecule has 0 aliphatic carbocycles. The molecule has 0 aliphatic rings. The summed E-state index contributed by atoms with van der Waals surface area (Å²) in [4.78, 5) is 29.7. The van der Waals surface area contributed by atoms with Crippen molar-refractivity contribution in [2.75, 3.05) is 5.32 Å². The Labute approximate surface area is 176 Å². The second-order valence-corrected chi connectivity index (χ2v) is 7.17. The molecule has 0 aliphatic heterocycles. The molecule has 31 heavy (non-hydrogen) atoms. The van der Waals surface area contributed by atoms with Crippen molar-refractivity contribution in [2.24, 2.45) is 0 Å². The Morgan fingerprint density at radius 2 is 1.84 bits per heavy atom. The first-order chi connectivity index (χ1) is 14.8. The van der Waals surface area contributed by atoms with Gasteiger partial charge in [0.15, 0.2) is 5.65 Å². The molecule has 1 amide bonds. The average Bonchev–Trinajstić information content (AvgIpc) is 3.15. The summed E-state index contributed by atoms with van der Waals surface area (Å²) >= 11 is 0. The van der Waals surface area contributed by atoms with Gasteiger partial charge in [0.05, 0.1) is 17.6 Å². The summed E-state index contributed by atoms with van der Waals surface area (Å²) in [6, 6.07) is 10.5. The van der Waals surface area contributed by atoms with E-state index in [4.69, 9.17) is 0 Å². The SMILES string of the molecule is Cc1ccc(-n2ncc3c(=O)n(CCC(=O)Nc4cc(F)ccc4F)c(C)nc32)cc1. The lowest BCUT2D eigenvalue weighted by atomic mass is 10.2. The van der Waals surface area contributed by atoms with Gasteiger partial charge in [0.25, 0.3) is 5.56 Å². The van der Waals surface area contributed by atoms with E-state index < -0.39 is 17.5 Å². The fourth-order valence-electron chi connectivity index (χ4n) is 3.26. The minimum absolute atomic E-state index is 0.0338. The number of nitrogens with zero attached hydrogens (tertiary/aromatic N) is 4. The number of hydrogen-bond donors (Lipinski definition) is 1. The number of fused-ring (bicyclic) bond motifs is 1. The zero-order valence-electron chi connectivity index (χ0n) is 16.9. The Bertz CT molecular complexity index is 1340. The van der Waals surface area contributed by atoms with Crippen LogP contribution in [0.3, 0.4) is 0 Å². The Kier molecular flexibility index (Phi) is 5.33. The number of anilines is 1. The molecule has 0 radical (unpaired) electrons. The van der Waals surface area contributed by atoms with Gasteiger partial charge in [-0.15, -0.1) is 0 Å². The summed E-state index contributed by atoms with van der Waals surface area (Å²) in [5, 5.41) is 6.93. The number of carbonyl (C=O) groups excluding carboxylic acids is 1. The average molecular weight is 423 g/mol. The Morgan fingerprint density at radius 3 is 2.58 bits per heavy atom. The molecular formula is C22H19F2N5O2. The molecule has 0 unspecified atom stereocenters. The molecule has 0 saturated heterocycles. The largest absolute Gasteiger partial charge is 0.323 e. The number of aromatic nitrogens is 4. The highest BCUT2D eigenvalue weighted by molar-refractivity contribution is 5.90. The third-order valence-electron chi connectivity index (χ3n) is 4.92. The topological polar surface area (TPSA) is 81.8 Å². The van der Waals surface area contributed by atoms with Crippen LogP contribution >= 0.6 is 0 Å². The van der Waals surface area contributed by atoms with E-state index in [9.17, 15) is 18.4 Å². The minimum atomic E-state index is -0.741. The standard InChI is InChI=1S/C22H19F2N5O2/c1-13-3-6-16(7-4-13)29-21-17(12-25-29)22(31)28(14(2)26-21)10-9-20(30)27-19-11-15(23)5-8-18(19)24/h3-8,11-12H,9-10H2,1-2H3,(H,27,30). The number of benzene rings is 2. The molecule has 2 aromatic carbocycles. The van der Waals surface area contributed by atoms with E-state index in [1.54, 1.807) is 11.6 Å². The van der Waals surface area contributed by atoms with Crippen molar-refractivity contribution in [1.82, 2.24) is 19.3 Å². The molecule has 4 aromatic rings. The molecule has 2 aromatic heterocycles. The summed E-state index contributed by atoms with van der Waals surface area (Å²) in [7, 11) is 0. The van der Waals surface area contributed by atoms with E-state index in [1.165, 1.54) is 10.8 Å². The fourth-order valence-corrected chi connectivity index (χ4v) is 3.26. The monoisotopic (exact) mass is 423 g/mol. The Balaban J connectivity index is 1.57. The van der Waals surface area contributed by atoms with Crippen molar-refractivity contribution in [2.45, 2.75) is 26.8 Å². The number of amides is 1. The number of hydrogen-bond acceptors (Lipinski definition) is 4. The summed E-state index contributed by atoms with van der Waals surface area (Å²) in [6.45, 7) is 3.68. The second-order valence-electron chi connectivity index (χ2n) is 7.17. The molecule has 0 fully saturated rings. The summed E-state index contributed by atoms with van der Waals surface area (Å²) < 4.78 is 29.9. The van der Waals surface area contributed by atoms with Crippen molar-refractivity contribution in [3.63, 3.8) is 0 Å². The third kappa shape index (κ3) is 4.07. The van der Waals surface area contributed by atoms with Gasteiger partial charge in [-0.2, -0.15) is 5.10 Å². The van der Waals surface area contributed by atoms with Crippen molar-refractivity contribution in [3.8, 4) is 5.69 Å². The number of halogens is 2. The molecule has 0 saturated carbocycles. The van der Waals surface area contributed by atoms with Gasteiger partial charge in [0, 0.05) is 19.0 Å². The van der Waals surface area contributed by atoms with Crippen LogP contribution in [-0.2, 0) is 11.3 Å². The smallest absolute Gasteiger partial charge is 0.264 e. The maximum atomic E-state index is 13.7. The lowest BCUT2D eigenvalue weighted by molar-refractivity contribution is -0.116. The van der Waals surface area contributed by atoms with Crippen LogP contribution in [-0.4, -0.2) is 25.2 Å². The van der Waals surface area contributed by atoms with Gasteiger partial charge in [-0.05, 0) is 38.1 Å². The molecule has 1 N–H and O–H groups in total. The first kappa shape index (κ1) is 20.4. The van der Waals surface area contributed by atoms with E-state index in [0.29, 0.717) is 16.9 Å². The lowest BCUT2D eigenvalue weighted by Crippen LogP contribution is -2.26. The lowest BCUT2D eigenvalue weighted by Gasteiger charge is -2.11. The van der Waals surface area contributed by atoms with Crippen LogP contribution in [0, 0.1) is 25.5 Å². The van der Waals surface area contributed by atoms with Gasteiger partial charge >= 0.3 is 0 Å². The van der Waals surface area contributed by atoms with Crippen LogP contribution in [0.2, 0.25) is 0 Å². The van der Waals surface area contributed by atoms with Gasteiger partial charge in [-0.3, -0.25) is 14.2 Å². The molecule has 158 valence electrons. The van der Waals surface area contributed by atoms with Gasteiger partial charge in [-0.25, -0.2) is 18.4 Å². The summed E-state index contributed by atoms with van der Waals surface area (Å²) in [5.41, 5.74) is 1.73. The second kappa shape index (κ2) is 8.10. The molecular weight excluding hydrogens is 404 g/mol. The van der Waals surface area contributed by atoms with Gasteiger partial charge in [0.1, 0.15) is 22.8 Å². The van der Waals surface area contributed by atoms with Crippen molar-refractivity contribution < 1.29 is 13.6 Å². The quantitative estimate of drug-likeness (QED) is 0.533. The van der Waals surface area contributed by atoms with Crippen LogP contribution in [0.1, 0.15) is 17.8 Å². The fraction of sp³-hybridized carbons (Fsp3) is 0.182. The van der Waals surface area contributed by atoms with Crippen LogP contribution in [0.4, 0.5) is 14.5 Å². The maximum absolute atomic E-state index is 13.7. The van der Waals surface area contributed by atoms with Crippen LogP contribution in [0.25, 0.3) is 16.7 Å². The van der Waals surface area contributed by atoms with Crippen molar-refractivity contribution in [1.29, 1.82) is 0 Å². The van der Waals surface area contributed by atoms with Crippen LogP contribution in [0.15, 0.2) is 53.5 Å². The minimum Gasteiger partial charge on any atom is -0.323 e. The molecule has 7 nitrogen and oxygen atoms in total. The number of nitrogens with one attached hydrogen (secondary N) is 1. The predicted octanol–water partition coefficient (Wildman–Crippen LogP) is 3.51. The van der Waals surface area contributed by atoms with Crippen LogP contribution < -0.4 is 10.9 Å². The van der Waals surface area contributed by atoms with Gasteiger partial charge in [0.2, 0.25) is 5.91 Å². The first-order valence-electron chi connectivity index (χ1n) is 9.60. The van der Waals surface area contributed by atoms with Gasteiger partial charge in [-0.1, -0.05) is 17.7 Å². The molecule has 0 atom stereocenters. The van der Waals surface area contributed by atoms with Crippen molar-refractivity contribution in [3.05, 3.63) is 82.0 Å². The number of aryl methyl sites for hydroxylation is 2. The predicted molar refractivity (Wildman–Crippen MR) is 112 cm³/mol. The first-order valence-corrected chi connectivity index (χ1v) is 9.60. The van der Waals surface area contributed by atoms with E-state index >= 15 is 0 Å². The normalized spacial score (nSPS) is 11.1. The Morgan fingerprint density at radius 1 is 1.10 bits per heavy atom. The Hall–Kier alpha value is -3.88. The summed E-state index contributed by atoms with van der Waals surface area (Å²) in [6.07, 6.45) is 1.33. The highest BCUT2D eigenvalue weighted by Crippen LogP contribution is 2.17. The number of rotatable bonds is 5. The van der Waals surface area contributed by atoms with Gasteiger partial charge < -0.3 is 5.32 Å². The number of carbonyl (C=O) groups is 1. The summed E-state index contributed by atoms with van der Waals surface area (Å²) in [5.74, 6) is -1.54. The molecule has 0 bridgehead atoms. The highest BCUT2D eigenvalue weighted by Gasteiger charge is 2.15. The molecule has 4 rings (SSSR count). The van der Waals surface area contributed by atoms with E-state index in [0.717, 1.165) is 29.4 Å². The van der Waals surface area contributed by atoms with E-state index in [-0.39, 0.29) is 24.2 Å². The third-order valence-corrected chi connectivity index (χ3v) is 4.92. The zero-order valence-corrected chi connectivity index (χ0v) is 16.9. The van der Waals surface area contributed by atoms with Crippen molar-refractivity contribution >= 4 is 22.6 Å².